The van der Waals surface area contributed by atoms with Gasteiger partial charge in [0, 0.05) is 23.4 Å². The summed E-state index contributed by atoms with van der Waals surface area (Å²) in [4.78, 5) is 53.2. The highest BCUT2D eigenvalue weighted by Gasteiger charge is 2.34. The molecule has 4 rings (SSSR count). The third-order valence-corrected chi connectivity index (χ3v) is 6.50. The Morgan fingerprint density at radius 2 is 1.94 bits per heavy atom. The summed E-state index contributed by atoms with van der Waals surface area (Å²) in [6, 6.07) is 6.97. The van der Waals surface area contributed by atoms with Crippen LogP contribution in [0.25, 0.3) is 10.9 Å². The molecule has 0 bridgehead atoms. The molecule has 4 amide bonds. The molecule has 1 aromatic carbocycles. The third-order valence-electron chi connectivity index (χ3n) is 6.50. The summed E-state index contributed by atoms with van der Waals surface area (Å²) in [6.45, 7) is 0.599. The second kappa shape index (κ2) is 9.95. The lowest BCUT2D eigenvalue weighted by Gasteiger charge is -2.27. The van der Waals surface area contributed by atoms with Crippen molar-refractivity contribution < 1.29 is 19.2 Å². The van der Waals surface area contributed by atoms with Crippen molar-refractivity contribution in [1.82, 2.24) is 20.9 Å². The summed E-state index contributed by atoms with van der Waals surface area (Å²) in [6.07, 6.45) is 3.93. The van der Waals surface area contributed by atoms with E-state index < -0.39 is 35.7 Å². The fraction of sp³-hybridized carbons (Fsp3) is 0.458. The van der Waals surface area contributed by atoms with Gasteiger partial charge in [-0.1, -0.05) is 18.9 Å². The third kappa shape index (κ3) is 5.36. The summed E-state index contributed by atoms with van der Waals surface area (Å²) in [7, 11) is 0. The first-order valence-electron chi connectivity index (χ1n) is 11.6. The number of aromatic amines is 1. The number of nitrogens with one attached hydrogen (secondary N) is 4. The Kier molecular flexibility index (Phi) is 6.82. The number of nitriles is 1. The Balaban J connectivity index is 1.46. The summed E-state index contributed by atoms with van der Waals surface area (Å²) < 4.78 is 0. The number of aromatic nitrogens is 1. The van der Waals surface area contributed by atoms with Crippen molar-refractivity contribution in [3.8, 4) is 6.07 Å². The van der Waals surface area contributed by atoms with Crippen LogP contribution in [-0.4, -0.2) is 47.2 Å². The average molecular weight is 465 g/mol. The minimum absolute atomic E-state index is 0.121. The molecular weight excluding hydrogens is 436 g/mol. The van der Waals surface area contributed by atoms with Gasteiger partial charge < -0.3 is 26.7 Å². The maximum atomic E-state index is 13.1. The first-order valence-corrected chi connectivity index (χ1v) is 11.6. The summed E-state index contributed by atoms with van der Waals surface area (Å²) in [5.74, 6) is -1.94. The number of primary amides is 1. The molecule has 1 aromatic heterocycles. The van der Waals surface area contributed by atoms with Crippen molar-refractivity contribution in [1.29, 1.82) is 5.26 Å². The Morgan fingerprint density at radius 1 is 1.15 bits per heavy atom. The minimum atomic E-state index is -1.01. The van der Waals surface area contributed by atoms with Crippen LogP contribution in [0.4, 0.5) is 0 Å². The molecule has 10 heteroatoms. The molecule has 2 unspecified atom stereocenters. The second-order valence-electron chi connectivity index (χ2n) is 9.10. The lowest BCUT2D eigenvalue weighted by Crippen LogP contribution is -2.54. The highest BCUT2D eigenvalue weighted by Crippen LogP contribution is 2.33. The van der Waals surface area contributed by atoms with Crippen LogP contribution in [0, 0.1) is 23.2 Å². The molecule has 2 heterocycles. The molecule has 0 radical (unpaired) electrons. The molecule has 3 atom stereocenters. The van der Waals surface area contributed by atoms with Crippen LogP contribution in [0.3, 0.4) is 0 Å². The van der Waals surface area contributed by atoms with E-state index in [1.54, 1.807) is 24.3 Å². The lowest BCUT2D eigenvalue weighted by molar-refractivity contribution is -0.131. The number of rotatable bonds is 9. The molecule has 1 saturated heterocycles. The molecule has 10 nitrogen and oxygen atoms in total. The van der Waals surface area contributed by atoms with E-state index in [1.165, 1.54) is 0 Å². The number of nitrogens with two attached hydrogens (primary N) is 1. The Labute approximate surface area is 196 Å². The SMILES string of the molecule is N#Cc1cccc2[nH]c(C(=O)NC(CC3CC3)C(=O)NC(C[C@@H]3CCCNC3=O)C(N)=O)cc12. The van der Waals surface area contributed by atoms with E-state index >= 15 is 0 Å². The normalized spacial score (nSPS) is 19.5. The van der Waals surface area contributed by atoms with E-state index in [9.17, 15) is 24.4 Å². The highest BCUT2D eigenvalue weighted by molar-refractivity contribution is 6.01. The number of fused-ring (bicyclic) bond motifs is 1. The summed E-state index contributed by atoms with van der Waals surface area (Å²) >= 11 is 0. The first-order chi connectivity index (χ1) is 16.4. The maximum absolute atomic E-state index is 13.1. The van der Waals surface area contributed by atoms with Crippen LogP contribution >= 0.6 is 0 Å². The number of nitrogens with zero attached hydrogens (tertiary/aromatic N) is 1. The van der Waals surface area contributed by atoms with Gasteiger partial charge >= 0.3 is 0 Å². The zero-order valence-corrected chi connectivity index (χ0v) is 18.7. The van der Waals surface area contributed by atoms with Crippen LogP contribution in [0.2, 0.25) is 0 Å². The molecule has 2 aliphatic rings. The van der Waals surface area contributed by atoms with E-state index in [-0.39, 0.29) is 18.0 Å². The van der Waals surface area contributed by atoms with Crippen LogP contribution in [0.5, 0.6) is 0 Å². The predicted octanol–water partition coefficient (Wildman–Crippen LogP) is 0.824. The molecule has 6 N–H and O–H groups in total. The monoisotopic (exact) mass is 464 g/mol. The topological polar surface area (TPSA) is 170 Å². The van der Waals surface area contributed by atoms with Gasteiger partial charge in [0.25, 0.3) is 5.91 Å². The van der Waals surface area contributed by atoms with Gasteiger partial charge in [0.2, 0.25) is 17.7 Å². The smallest absolute Gasteiger partial charge is 0.268 e. The van der Waals surface area contributed by atoms with E-state index in [4.69, 9.17) is 5.73 Å². The Hall–Kier alpha value is -3.87. The quantitative estimate of drug-likeness (QED) is 0.369. The van der Waals surface area contributed by atoms with E-state index in [0.29, 0.717) is 41.8 Å². The van der Waals surface area contributed by atoms with E-state index in [2.05, 4.69) is 27.0 Å². The van der Waals surface area contributed by atoms with Gasteiger partial charge in [0.15, 0.2) is 0 Å². The fourth-order valence-electron chi connectivity index (χ4n) is 4.39. The second-order valence-corrected chi connectivity index (χ2v) is 9.10. The van der Waals surface area contributed by atoms with Gasteiger partial charge in [0.1, 0.15) is 17.8 Å². The van der Waals surface area contributed by atoms with E-state index in [0.717, 1.165) is 19.3 Å². The van der Waals surface area contributed by atoms with E-state index in [1.807, 2.05) is 0 Å². The molecular formula is C24H28N6O4. The Bertz CT molecular complexity index is 1160. The Morgan fingerprint density at radius 3 is 2.62 bits per heavy atom. The number of carbonyl (C=O) groups is 4. The van der Waals surface area contributed by atoms with Crippen molar-refractivity contribution >= 4 is 34.5 Å². The van der Waals surface area contributed by atoms with Crippen LogP contribution in [0.1, 0.15) is 54.6 Å². The van der Waals surface area contributed by atoms with Gasteiger partial charge in [-0.3, -0.25) is 19.2 Å². The van der Waals surface area contributed by atoms with Gasteiger partial charge in [-0.2, -0.15) is 5.26 Å². The van der Waals surface area contributed by atoms with Gasteiger partial charge in [0.05, 0.1) is 11.6 Å². The number of amides is 4. The number of hydrogen-bond acceptors (Lipinski definition) is 5. The average Bonchev–Trinajstić information content (AvgIpc) is 3.52. The number of H-pyrrole nitrogens is 1. The molecule has 0 spiro atoms. The van der Waals surface area contributed by atoms with Crippen LogP contribution in [0.15, 0.2) is 24.3 Å². The largest absolute Gasteiger partial charge is 0.368 e. The maximum Gasteiger partial charge on any atom is 0.268 e. The van der Waals surface area contributed by atoms with Crippen molar-refractivity contribution in [3.05, 3.63) is 35.5 Å². The minimum Gasteiger partial charge on any atom is -0.368 e. The number of hydrogen-bond donors (Lipinski definition) is 5. The number of carbonyl (C=O) groups excluding carboxylic acids is 4. The van der Waals surface area contributed by atoms with Crippen molar-refractivity contribution in [3.63, 3.8) is 0 Å². The van der Waals surface area contributed by atoms with Gasteiger partial charge in [-0.05, 0) is 49.8 Å². The zero-order chi connectivity index (χ0) is 24.2. The molecule has 1 saturated carbocycles. The molecule has 1 aliphatic heterocycles. The highest BCUT2D eigenvalue weighted by atomic mass is 16.2. The number of benzene rings is 1. The van der Waals surface area contributed by atoms with Crippen molar-refractivity contribution in [2.24, 2.45) is 17.6 Å². The first kappa shape index (κ1) is 23.3. The molecule has 34 heavy (non-hydrogen) atoms. The van der Waals surface area contributed by atoms with Crippen LogP contribution in [-0.2, 0) is 14.4 Å². The molecule has 178 valence electrons. The molecule has 2 fully saturated rings. The van der Waals surface area contributed by atoms with Crippen molar-refractivity contribution in [2.75, 3.05) is 6.54 Å². The van der Waals surface area contributed by atoms with Gasteiger partial charge in [-0.15, -0.1) is 0 Å². The zero-order valence-electron chi connectivity index (χ0n) is 18.7. The number of piperidine rings is 1. The van der Waals surface area contributed by atoms with Crippen LogP contribution < -0.4 is 21.7 Å². The fourth-order valence-corrected chi connectivity index (χ4v) is 4.39. The van der Waals surface area contributed by atoms with Gasteiger partial charge in [-0.25, -0.2) is 0 Å². The summed E-state index contributed by atoms with van der Waals surface area (Å²) in [5, 5.41) is 18.1. The molecule has 1 aliphatic carbocycles. The summed E-state index contributed by atoms with van der Waals surface area (Å²) in [5.41, 5.74) is 6.84. The lowest BCUT2D eigenvalue weighted by atomic mass is 9.91. The predicted molar refractivity (Wildman–Crippen MR) is 123 cm³/mol. The van der Waals surface area contributed by atoms with Crippen molar-refractivity contribution in [2.45, 2.75) is 50.6 Å². The molecule has 2 aromatic rings. The standard InChI is InChI=1S/C24H28N6O4/c25-12-15-3-1-5-17-16(15)11-20(28-17)24(34)30-19(9-13-6-7-13)23(33)29-18(21(26)31)10-14-4-2-8-27-22(14)32/h1,3,5,11,13-14,18-19,28H,2,4,6-10H2,(H2,26,31)(H,27,32)(H,29,33)(H,30,34)/t14-,18?,19?/m0/s1.